The van der Waals surface area contributed by atoms with Crippen LogP contribution in [-0.4, -0.2) is 9.55 Å². The van der Waals surface area contributed by atoms with Crippen molar-refractivity contribution in [2.45, 2.75) is 0 Å². The van der Waals surface area contributed by atoms with Gasteiger partial charge in [-0.3, -0.25) is 4.57 Å². The Labute approximate surface area is 178 Å². The maximum Gasteiger partial charge on any atom is 0.139 e. The molecule has 0 bridgehead atoms. The molecule has 3 heterocycles. The molecule has 3 aromatic heterocycles. The molecular weight excluding hydrogens is 384 g/mol. The van der Waals surface area contributed by atoms with Gasteiger partial charge in [-0.25, -0.2) is 4.98 Å². The highest BCUT2D eigenvalue weighted by molar-refractivity contribution is 7.17. The van der Waals surface area contributed by atoms with Crippen LogP contribution < -0.4 is 0 Å². The van der Waals surface area contributed by atoms with Gasteiger partial charge in [0.1, 0.15) is 10.6 Å². The summed E-state index contributed by atoms with van der Waals surface area (Å²) in [5.74, 6) is 0.948. The molecule has 0 saturated heterocycles. The topological polar surface area (TPSA) is 17.8 Å². The lowest BCUT2D eigenvalue weighted by Crippen LogP contribution is -1.99. The Morgan fingerprint density at radius 2 is 1.30 bits per heavy atom. The first-order chi connectivity index (χ1) is 14.9. The van der Waals surface area contributed by atoms with Gasteiger partial charge >= 0.3 is 0 Å². The molecule has 0 unspecified atom stereocenters. The summed E-state index contributed by atoms with van der Waals surface area (Å²) < 4.78 is 2.30. The molecule has 6 aromatic rings. The van der Waals surface area contributed by atoms with E-state index >= 15 is 0 Å². The van der Waals surface area contributed by atoms with Crippen molar-refractivity contribution in [3.63, 3.8) is 0 Å². The Bertz CT molecular complexity index is 1420. The normalized spacial score (nSPS) is 11.3. The van der Waals surface area contributed by atoms with Crippen molar-refractivity contribution in [1.82, 2.24) is 9.55 Å². The first-order valence-corrected chi connectivity index (χ1v) is 10.9. The maximum absolute atomic E-state index is 5.12. The minimum absolute atomic E-state index is 0.948. The molecule has 0 aliphatic rings. The Balaban J connectivity index is 1.68. The summed E-state index contributed by atoms with van der Waals surface area (Å²) >= 11 is 1.76. The van der Waals surface area contributed by atoms with Crippen LogP contribution in [0.1, 0.15) is 0 Å². The van der Waals surface area contributed by atoms with Crippen LogP contribution >= 0.6 is 11.3 Å². The van der Waals surface area contributed by atoms with Gasteiger partial charge in [0.25, 0.3) is 0 Å². The Morgan fingerprint density at radius 3 is 2.10 bits per heavy atom. The van der Waals surface area contributed by atoms with Crippen molar-refractivity contribution >= 4 is 32.5 Å². The number of hydrogen-bond acceptors (Lipinski definition) is 2. The summed E-state index contributed by atoms with van der Waals surface area (Å²) in [6.45, 7) is 0. The van der Waals surface area contributed by atoms with E-state index in [2.05, 4.69) is 107 Å². The monoisotopic (exact) mass is 402 g/mol. The number of benzene rings is 3. The van der Waals surface area contributed by atoms with Crippen LogP contribution in [0, 0.1) is 0 Å². The van der Waals surface area contributed by atoms with Gasteiger partial charge in [0.05, 0.1) is 11.2 Å². The zero-order valence-electron chi connectivity index (χ0n) is 16.2. The van der Waals surface area contributed by atoms with Crippen LogP contribution in [0.15, 0.2) is 109 Å². The van der Waals surface area contributed by atoms with Crippen molar-refractivity contribution in [2.75, 3.05) is 0 Å². The highest BCUT2D eigenvalue weighted by atomic mass is 32.1. The van der Waals surface area contributed by atoms with Gasteiger partial charge in [0.15, 0.2) is 0 Å². The molecule has 0 atom stereocenters. The lowest BCUT2D eigenvalue weighted by molar-refractivity contribution is 1.09. The highest BCUT2D eigenvalue weighted by Crippen LogP contribution is 2.36. The van der Waals surface area contributed by atoms with Gasteiger partial charge in [-0.05, 0) is 40.8 Å². The second kappa shape index (κ2) is 6.97. The quantitative estimate of drug-likeness (QED) is 0.298. The summed E-state index contributed by atoms with van der Waals surface area (Å²) in [4.78, 5) is 6.35. The van der Waals surface area contributed by atoms with E-state index in [4.69, 9.17) is 4.98 Å². The molecule has 6 rings (SSSR count). The van der Waals surface area contributed by atoms with E-state index in [1.165, 1.54) is 32.2 Å². The number of para-hydroxylation sites is 1. The fourth-order valence-corrected chi connectivity index (χ4v) is 5.03. The summed E-state index contributed by atoms with van der Waals surface area (Å²) in [6.07, 6.45) is 0. The average molecular weight is 403 g/mol. The fraction of sp³-hybridized carbons (Fsp3) is 0. The van der Waals surface area contributed by atoms with Gasteiger partial charge in [0.2, 0.25) is 0 Å². The standard InChI is InChI=1S/C27H18N2S/c1-3-9-19(10-4-1)21-17-24(20-11-5-2-6-12-20)28-26(18-21)29-25-14-8-7-13-22(25)23-15-16-30-27(23)29/h1-18H. The first-order valence-electron chi connectivity index (χ1n) is 9.98. The van der Waals surface area contributed by atoms with E-state index in [9.17, 15) is 0 Å². The smallest absolute Gasteiger partial charge is 0.139 e. The van der Waals surface area contributed by atoms with Crippen molar-refractivity contribution in [3.8, 4) is 28.2 Å². The third kappa shape index (κ3) is 2.75. The number of aromatic nitrogens is 2. The molecule has 0 aliphatic heterocycles. The molecule has 30 heavy (non-hydrogen) atoms. The molecule has 0 amide bonds. The predicted molar refractivity (Wildman–Crippen MR) is 127 cm³/mol. The van der Waals surface area contributed by atoms with E-state index in [0.29, 0.717) is 0 Å². The van der Waals surface area contributed by atoms with Crippen LogP contribution in [0.3, 0.4) is 0 Å². The lowest BCUT2D eigenvalue weighted by atomic mass is 10.0. The molecule has 142 valence electrons. The third-order valence-electron chi connectivity index (χ3n) is 5.50. The van der Waals surface area contributed by atoms with Crippen LogP contribution in [0.4, 0.5) is 0 Å². The number of rotatable bonds is 3. The van der Waals surface area contributed by atoms with Crippen LogP contribution in [0.25, 0.3) is 49.3 Å². The molecule has 2 nitrogen and oxygen atoms in total. The first kappa shape index (κ1) is 17.2. The van der Waals surface area contributed by atoms with Gasteiger partial charge in [-0.15, -0.1) is 11.3 Å². The average Bonchev–Trinajstić information content (AvgIpc) is 3.41. The van der Waals surface area contributed by atoms with E-state index in [1.807, 2.05) is 6.07 Å². The van der Waals surface area contributed by atoms with Crippen LogP contribution in [0.2, 0.25) is 0 Å². The summed E-state index contributed by atoms with van der Waals surface area (Å²) in [5, 5.41) is 4.71. The van der Waals surface area contributed by atoms with Crippen LogP contribution in [-0.2, 0) is 0 Å². The molecule has 0 fully saturated rings. The number of hydrogen-bond donors (Lipinski definition) is 0. The number of thiophene rings is 1. The fourth-order valence-electron chi connectivity index (χ4n) is 4.10. The molecule has 0 saturated carbocycles. The zero-order chi connectivity index (χ0) is 19.9. The van der Waals surface area contributed by atoms with Crippen molar-refractivity contribution in [3.05, 3.63) is 109 Å². The largest absolute Gasteiger partial charge is 0.285 e. The van der Waals surface area contributed by atoms with E-state index < -0.39 is 0 Å². The van der Waals surface area contributed by atoms with Gasteiger partial charge < -0.3 is 0 Å². The Kier molecular flexibility index (Phi) is 4.00. The Morgan fingerprint density at radius 1 is 0.600 bits per heavy atom. The number of nitrogens with zero attached hydrogens (tertiary/aromatic N) is 2. The second-order valence-electron chi connectivity index (χ2n) is 7.32. The summed E-state index contributed by atoms with van der Waals surface area (Å²) in [6, 6.07) is 36.1. The molecule has 0 N–H and O–H groups in total. The minimum Gasteiger partial charge on any atom is -0.285 e. The van der Waals surface area contributed by atoms with Crippen molar-refractivity contribution in [2.24, 2.45) is 0 Å². The van der Waals surface area contributed by atoms with Crippen molar-refractivity contribution < 1.29 is 0 Å². The molecule has 3 aromatic carbocycles. The minimum atomic E-state index is 0.948. The van der Waals surface area contributed by atoms with Gasteiger partial charge in [0, 0.05) is 16.3 Å². The molecule has 0 aliphatic carbocycles. The summed E-state index contributed by atoms with van der Waals surface area (Å²) in [7, 11) is 0. The van der Waals surface area contributed by atoms with Gasteiger partial charge in [-0.1, -0.05) is 78.9 Å². The second-order valence-corrected chi connectivity index (χ2v) is 8.22. The van der Waals surface area contributed by atoms with Crippen LogP contribution in [0.5, 0.6) is 0 Å². The molecular formula is C27H18N2S. The SMILES string of the molecule is c1ccc(-c2cc(-c3ccccc3)nc(-n3c4ccccc4c4ccsc43)c2)cc1. The summed E-state index contributed by atoms with van der Waals surface area (Å²) in [5.41, 5.74) is 5.65. The maximum atomic E-state index is 5.12. The predicted octanol–water partition coefficient (Wildman–Crippen LogP) is 7.57. The zero-order valence-corrected chi connectivity index (χ0v) is 17.0. The molecule has 3 heteroatoms. The number of pyridine rings is 1. The molecule has 0 radical (unpaired) electrons. The highest BCUT2D eigenvalue weighted by Gasteiger charge is 2.16. The Hall–Kier alpha value is -3.69. The van der Waals surface area contributed by atoms with Crippen molar-refractivity contribution in [1.29, 1.82) is 0 Å². The van der Waals surface area contributed by atoms with E-state index in [-0.39, 0.29) is 0 Å². The van der Waals surface area contributed by atoms with E-state index in [1.54, 1.807) is 11.3 Å². The van der Waals surface area contributed by atoms with E-state index in [0.717, 1.165) is 17.1 Å². The third-order valence-corrected chi connectivity index (χ3v) is 6.40. The number of fused-ring (bicyclic) bond motifs is 3. The molecule has 0 spiro atoms. The van der Waals surface area contributed by atoms with Gasteiger partial charge in [-0.2, -0.15) is 0 Å². The lowest BCUT2D eigenvalue weighted by Gasteiger charge is -2.12.